The van der Waals surface area contributed by atoms with E-state index in [1.165, 1.54) is 31.4 Å². The van der Waals surface area contributed by atoms with Gasteiger partial charge in [0.2, 0.25) is 0 Å². The quantitative estimate of drug-likeness (QED) is 0.436. The Morgan fingerprint density at radius 3 is 2.28 bits per heavy atom. The standard InChI is InChI=1S/C24H22FN3O3S/c1-17-23(19-13-14-22(31-2)21(25)15-19)24(26-28(17)16-18-9-5-3-6-10-18)27-32(29,30)20-11-7-4-8-12-20/h3-15H,16H2,1-2H3,(H,26,27). The largest absolute Gasteiger partial charge is 0.494 e. The summed E-state index contributed by atoms with van der Waals surface area (Å²) in [6.45, 7) is 2.26. The van der Waals surface area contributed by atoms with Gasteiger partial charge in [0.1, 0.15) is 0 Å². The van der Waals surface area contributed by atoms with E-state index in [2.05, 4.69) is 9.82 Å². The number of nitrogens with zero attached hydrogens (tertiary/aromatic N) is 2. The Labute approximate surface area is 186 Å². The number of nitrogens with one attached hydrogen (secondary N) is 1. The highest BCUT2D eigenvalue weighted by molar-refractivity contribution is 7.92. The van der Waals surface area contributed by atoms with Gasteiger partial charge in [-0.25, -0.2) is 12.8 Å². The first-order valence-electron chi connectivity index (χ1n) is 9.92. The van der Waals surface area contributed by atoms with Gasteiger partial charge in [0, 0.05) is 11.3 Å². The van der Waals surface area contributed by atoms with Crippen LogP contribution >= 0.6 is 0 Å². The molecular formula is C24H22FN3O3S. The zero-order valence-electron chi connectivity index (χ0n) is 17.6. The Morgan fingerprint density at radius 1 is 1.00 bits per heavy atom. The SMILES string of the molecule is COc1ccc(-c2c(NS(=O)(=O)c3ccccc3)nn(Cc3ccccc3)c2C)cc1F. The van der Waals surface area contributed by atoms with Gasteiger partial charge in [0.05, 0.1) is 18.6 Å². The van der Waals surface area contributed by atoms with Gasteiger partial charge in [-0.05, 0) is 42.3 Å². The minimum absolute atomic E-state index is 0.106. The minimum Gasteiger partial charge on any atom is -0.494 e. The van der Waals surface area contributed by atoms with Gasteiger partial charge in [-0.2, -0.15) is 5.10 Å². The van der Waals surface area contributed by atoms with Crippen molar-refractivity contribution in [3.63, 3.8) is 0 Å². The third-order valence-electron chi connectivity index (χ3n) is 5.11. The Balaban J connectivity index is 1.82. The smallest absolute Gasteiger partial charge is 0.263 e. The molecule has 0 bridgehead atoms. The number of rotatable bonds is 7. The van der Waals surface area contributed by atoms with E-state index in [1.807, 2.05) is 37.3 Å². The molecule has 0 unspecified atom stereocenters. The maximum absolute atomic E-state index is 14.5. The zero-order chi connectivity index (χ0) is 22.7. The van der Waals surface area contributed by atoms with Gasteiger partial charge in [-0.15, -0.1) is 0 Å². The maximum atomic E-state index is 14.5. The molecule has 0 atom stereocenters. The van der Waals surface area contributed by atoms with E-state index in [4.69, 9.17) is 4.74 Å². The number of benzene rings is 3. The summed E-state index contributed by atoms with van der Waals surface area (Å²) in [5.74, 6) is -0.307. The monoisotopic (exact) mass is 451 g/mol. The summed E-state index contributed by atoms with van der Waals surface area (Å²) in [7, 11) is -2.50. The number of ether oxygens (including phenoxy) is 1. The Bertz CT molecular complexity index is 1340. The first kappa shape index (κ1) is 21.6. The number of methoxy groups -OCH3 is 1. The summed E-state index contributed by atoms with van der Waals surface area (Å²) in [4.78, 5) is 0.113. The first-order chi connectivity index (χ1) is 15.4. The van der Waals surface area contributed by atoms with Crippen molar-refractivity contribution in [2.45, 2.75) is 18.4 Å². The van der Waals surface area contributed by atoms with Crippen LogP contribution in [0.3, 0.4) is 0 Å². The second-order valence-corrected chi connectivity index (χ2v) is 8.90. The Hall–Kier alpha value is -3.65. The maximum Gasteiger partial charge on any atom is 0.263 e. The number of hydrogen-bond acceptors (Lipinski definition) is 4. The van der Waals surface area contributed by atoms with Crippen LogP contribution in [0.4, 0.5) is 10.2 Å². The summed E-state index contributed by atoms with van der Waals surface area (Å²) in [6, 6.07) is 22.2. The molecule has 4 aromatic rings. The molecule has 4 rings (SSSR count). The van der Waals surface area contributed by atoms with Gasteiger partial charge < -0.3 is 4.74 Å². The van der Waals surface area contributed by atoms with Crippen LogP contribution in [0.25, 0.3) is 11.1 Å². The van der Waals surface area contributed by atoms with Gasteiger partial charge >= 0.3 is 0 Å². The molecule has 8 heteroatoms. The molecule has 32 heavy (non-hydrogen) atoms. The van der Waals surface area contributed by atoms with Crippen LogP contribution in [0, 0.1) is 12.7 Å². The third kappa shape index (κ3) is 4.36. The summed E-state index contributed by atoms with van der Waals surface area (Å²) in [5, 5.41) is 4.54. The van der Waals surface area contributed by atoms with Crippen LogP contribution in [0.5, 0.6) is 5.75 Å². The van der Waals surface area contributed by atoms with Gasteiger partial charge in [-0.3, -0.25) is 9.40 Å². The number of aromatic nitrogens is 2. The van der Waals surface area contributed by atoms with Crippen molar-refractivity contribution >= 4 is 15.8 Å². The molecule has 0 saturated carbocycles. The number of anilines is 1. The van der Waals surface area contributed by atoms with Crippen molar-refractivity contribution in [2.75, 3.05) is 11.8 Å². The van der Waals surface area contributed by atoms with Crippen LogP contribution in [0.1, 0.15) is 11.3 Å². The lowest BCUT2D eigenvalue weighted by Crippen LogP contribution is -2.14. The third-order valence-corrected chi connectivity index (χ3v) is 6.46. The summed E-state index contributed by atoms with van der Waals surface area (Å²) in [6.07, 6.45) is 0. The molecule has 0 amide bonds. The lowest BCUT2D eigenvalue weighted by Gasteiger charge is -2.10. The first-order valence-corrected chi connectivity index (χ1v) is 11.4. The fourth-order valence-corrected chi connectivity index (χ4v) is 4.51. The van der Waals surface area contributed by atoms with E-state index in [-0.39, 0.29) is 16.5 Å². The van der Waals surface area contributed by atoms with Crippen molar-refractivity contribution in [3.8, 4) is 16.9 Å². The minimum atomic E-state index is -3.89. The highest BCUT2D eigenvalue weighted by Crippen LogP contribution is 2.35. The van der Waals surface area contributed by atoms with E-state index < -0.39 is 15.8 Å². The highest BCUT2D eigenvalue weighted by atomic mass is 32.2. The summed E-state index contributed by atoms with van der Waals surface area (Å²) >= 11 is 0. The van der Waals surface area contributed by atoms with E-state index in [0.717, 1.165) is 5.56 Å². The molecule has 3 aromatic carbocycles. The molecule has 0 aliphatic heterocycles. The zero-order valence-corrected chi connectivity index (χ0v) is 18.4. The van der Waals surface area contributed by atoms with Crippen LogP contribution < -0.4 is 9.46 Å². The second kappa shape index (κ2) is 8.84. The fraction of sp³-hybridized carbons (Fsp3) is 0.125. The van der Waals surface area contributed by atoms with Crippen LogP contribution in [-0.2, 0) is 16.6 Å². The van der Waals surface area contributed by atoms with E-state index in [9.17, 15) is 12.8 Å². The Morgan fingerprint density at radius 2 is 1.66 bits per heavy atom. The normalized spacial score (nSPS) is 11.3. The van der Waals surface area contributed by atoms with Gasteiger partial charge in [0.25, 0.3) is 10.0 Å². The average Bonchev–Trinajstić information content (AvgIpc) is 3.08. The van der Waals surface area contributed by atoms with Gasteiger partial charge in [-0.1, -0.05) is 54.6 Å². The predicted molar refractivity (Wildman–Crippen MR) is 122 cm³/mol. The molecule has 0 radical (unpaired) electrons. The summed E-state index contributed by atoms with van der Waals surface area (Å²) in [5.41, 5.74) is 2.69. The van der Waals surface area contributed by atoms with Crippen molar-refractivity contribution in [2.24, 2.45) is 0 Å². The number of hydrogen-bond donors (Lipinski definition) is 1. The lowest BCUT2D eigenvalue weighted by molar-refractivity contribution is 0.386. The molecule has 6 nitrogen and oxygen atoms in total. The number of halogens is 1. The van der Waals surface area contributed by atoms with E-state index in [0.29, 0.717) is 23.4 Å². The van der Waals surface area contributed by atoms with Crippen molar-refractivity contribution in [3.05, 3.63) is 95.9 Å². The topological polar surface area (TPSA) is 73.2 Å². The van der Waals surface area contributed by atoms with Crippen LogP contribution in [0.15, 0.2) is 83.8 Å². The van der Waals surface area contributed by atoms with Crippen LogP contribution in [-0.4, -0.2) is 25.3 Å². The van der Waals surface area contributed by atoms with Crippen molar-refractivity contribution in [1.29, 1.82) is 0 Å². The molecule has 1 N–H and O–H groups in total. The van der Waals surface area contributed by atoms with Crippen molar-refractivity contribution in [1.82, 2.24) is 9.78 Å². The van der Waals surface area contributed by atoms with Crippen molar-refractivity contribution < 1.29 is 17.5 Å². The molecule has 1 aromatic heterocycles. The number of sulfonamides is 1. The highest BCUT2D eigenvalue weighted by Gasteiger charge is 2.23. The average molecular weight is 452 g/mol. The molecule has 0 aliphatic rings. The summed E-state index contributed by atoms with van der Waals surface area (Å²) < 4.78 is 49.7. The molecule has 0 fully saturated rings. The molecular weight excluding hydrogens is 429 g/mol. The lowest BCUT2D eigenvalue weighted by atomic mass is 10.1. The second-order valence-electron chi connectivity index (χ2n) is 7.22. The predicted octanol–water partition coefficient (Wildman–Crippen LogP) is 4.86. The van der Waals surface area contributed by atoms with Gasteiger partial charge in [0.15, 0.2) is 17.4 Å². The fourth-order valence-electron chi connectivity index (χ4n) is 3.48. The Kier molecular flexibility index (Phi) is 5.96. The molecule has 1 heterocycles. The van der Waals surface area contributed by atoms with Crippen LogP contribution in [0.2, 0.25) is 0 Å². The molecule has 0 saturated heterocycles. The molecule has 0 spiro atoms. The van der Waals surface area contributed by atoms with E-state index in [1.54, 1.807) is 28.9 Å². The molecule has 0 aliphatic carbocycles. The molecule has 164 valence electrons. The van der Waals surface area contributed by atoms with E-state index >= 15 is 0 Å².